The van der Waals surface area contributed by atoms with Crippen molar-refractivity contribution in [2.24, 2.45) is 0 Å². The van der Waals surface area contributed by atoms with Crippen LogP contribution in [0.3, 0.4) is 0 Å². The van der Waals surface area contributed by atoms with Crippen LogP contribution in [0.15, 0.2) is 42.5 Å². The van der Waals surface area contributed by atoms with Gasteiger partial charge < -0.3 is 10.8 Å². The monoisotopic (exact) mass is 199 g/mol. The van der Waals surface area contributed by atoms with Crippen LogP contribution < -0.4 is 5.73 Å². The number of nitrogen functional groups attached to an aromatic ring is 1. The van der Waals surface area contributed by atoms with Crippen molar-refractivity contribution in [3.63, 3.8) is 0 Å². The van der Waals surface area contributed by atoms with Crippen molar-refractivity contribution in [2.45, 2.75) is 6.92 Å². The Kier molecular flexibility index (Phi) is 2.34. The molecule has 0 unspecified atom stereocenters. The molecule has 2 nitrogen and oxygen atoms in total. The third-order valence-corrected chi connectivity index (χ3v) is 2.48. The van der Waals surface area contributed by atoms with Gasteiger partial charge in [-0.05, 0) is 35.7 Å². The topological polar surface area (TPSA) is 46.2 Å². The van der Waals surface area contributed by atoms with Gasteiger partial charge in [0.15, 0.2) is 0 Å². The van der Waals surface area contributed by atoms with E-state index in [1.54, 1.807) is 12.1 Å². The predicted octanol–water partition coefficient (Wildman–Crippen LogP) is 2.95. The number of aromatic hydroxyl groups is 1. The summed E-state index contributed by atoms with van der Waals surface area (Å²) in [5, 5.41) is 9.33. The van der Waals surface area contributed by atoms with Gasteiger partial charge in [-0.25, -0.2) is 0 Å². The Balaban J connectivity index is 2.55. The molecule has 0 bridgehead atoms. The molecule has 15 heavy (non-hydrogen) atoms. The van der Waals surface area contributed by atoms with E-state index in [2.05, 4.69) is 13.0 Å². The second kappa shape index (κ2) is 3.65. The summed E-state index contributed by atoms with van der Waals surface area (Å²) in [6, 6.07) is 13.4. The molecule has 0 aliphatic rings. The molecule has 2 heteroatoms. The molecule has 0 aliphatic carbocycles. The maximum absolute atomic E-state index is 9.33. The fourth-order valence-corrected chi connectivity index (χ4v) is 1.62. The molecule has 2 rings (SSSR count). The van der Waals surface area contributed by atoms with Crippen molar-refractivity contribution in [1.82, 2.24) is 0 Å². The van der Waals surface area contributed by atoms with E-state index in [1.165, 1.54) is 5.56 Å². The minimum atomic E-state index is 0.132. The number of hydrogen-bond acceptors (Lipinski definition) is 2. The van der Waals surface area contributed by atoms with Gasteiger partial charge in [0.2, 0.25) is 0 Å². The molecule has 2 aromatic rings. The van der Waals surface area contributed by atoms with E-state index in [9.17, 15) is 5.11 Å². The maximum atomic E-state index is 9.33. The van der Waals surface area contributed by atoms with Crippen LogP contribution in [-0.2, 0) is 0 Å². The van der Waals surface area contributed by atoms with Crippen LogP contribution in [0.25, 0.3) is 11.1 Å². The standard InChI is InChI=1S/C13H13NO/c1-9-4-2-3-5-11(9)10-6-7-13(15)12(14)8-10/h2-8,15H,14H2,1H3. The number of benzene rings is 2. The maximum Gasteiger partial charge on any atom is 0.138 e. The molecule has 76 valence electrons. The molecule has 0 aromatic heterocycles. The Hall–Kier alpha value is -1.96. The Morgan fingerprint density at radius 1 is 1.07 bits per heavy atom. The summed E-state index contributed by atoms with van der Waals surface area (Å²) < 4.78 is 0. The lowest BCUT2D eigenvalue weighted by Crippen LogP contribution is -1.88. The highest BCUT2D eigenvalue weighted by Crippen LogP contribution is 2.29. The number of rotatable bonds is 1. The molecule has 0 aliphatic heterocycles. The molecule has 0 saturated heterocycles. The van der Waals surface area contributed by atoms with Gasteiger partial charge in [0.05, 0.1) is 5.69 Å². The minimum absolute atomic E-state index is 0.132. The quantitative estimate of drug-likeness (QED) is 0.548. The largest absolute Gasteiger partial charge is 0.506 e. The zero-order valence-corrected chi connectivity index (χ0v) is 8.57. The first kappa shape index (κ1) is 9.59. The van der Waals surface area contributed by atoms with Crippen molar-refractivity contribution in [3.8, 4) is 16.9 Å². The Morgan fingerprint density at radius 2 is 1.80 bits per heavy atom. The van der Waals surface area contributed by atoms with Gasteiger partial charge in [-0.1, -0.05) is 30.3 Å². The van der Waals surface area contributed by atoms with Gasteiger partial charge in [0, 0.05) is 0 Å². The van der Waals surface area contributed by atoms with E-state index in [0.717, 1.165) is 11.1 Å². The SMILES string of the molecule is Cc1ccccc1-c1ccc(O)c(N)c1. The molecule has 0 atom stereocenters. The molecule has 3 N–H and O–H groups in total. The van der Waals surface area contributed by atoms with Crippen molar-refractivity contribution in [1.29, 1.82) is 0 Å². The molecule has 0 saturated carbocycles. The molecule has 0 spiro atoms. The third kappa shape index (κ3) is 1.79. The number of aryl methyl sites for hydroxylation is 1. The summed E-state index contributed by atoms with van der Waals surface area (Å²) >= 11 is 0. The number of anilines is 1. The van der Waals surface area contributed by atoms with Gasteiger partial charge in [0.1, 0.15) is 5.75 Å². The fraction of sp³-hybridized carbons (Fsp3) is 0.0769. The van der Waals surface area contributed by atoms with Crippen LogP contribution in [0.4, 0.5) is 5.69 Å². The smallest absolute Gasteiger partial charge is 0.138 e. The third-order valence-electron chi connectivity index (χ3n) is 2.48. The summed E-state index contributed by atoms with van der Waals surface area (Å²) in [6.45, 7) is 2.05. The second-order valence-electron chi connectivity index (χ2n) is 3.59. The molecule has 0 amide bonds. The lowest BCUT2D eigenvalue weighted by atomic mass is 10.0. The summed E-state index contributed by atoms with van der Waals surface area (Å²) in [5.41, 5.74) is 9.44. The summed E-state index contributed by atoms with van der Waals surface area (Å²) in [7, 11) is 0. The van der Waals surface area contributed by atoms with Crippen LogP contribution in [0.2, 0.25) is 0 Å². The van der Waals surface area contributed by atoms with Crippen LogP contribution >= 0.6 is 0 Å². The first-order chi connectivity index (χ1) is 7.18. The number of phenolic OH excluding ortho intramolecular Hbond substituents is 1. The zero-order chi connectivity index (χ0) is 10.8. The average molecular weight is 199 g/mol. The first-order valence-corrected chi connectivity index (χ1v) is 4.83. The fourth-order valence-electron chi connectivity index (χ4n) is 1.62. The van der Waals surface area contributed by atoms with E-state index >= 15 is 0 Å². The minimum Gasteiger partial charge on any atom is -0.506 e. The summed E-state index contributed by atoms with van der Waals surface area (Å²) in [6.07, 6.45) is 0. The molecule has 0 fully saturated rings. The van der Waals surface area contributed by atoms with E-state index in [-0.39, 0.29) is 5.75 Å². The molecule has 0 heterocycles. The van der Waals surface area contributed by atoms with Crippen LogP contribution in [0.1, 0.15) is 5.56 Å². The van der Waals surface area contributed by atoms with Crippen LogP contribution in [0.5, 0.6) is 5.75 Å². The lowest BCUT2D eigenvalue weighted by Gasteiger charge is -2.07. The molecule has 0 radical (unpaired) electrons. The van der Waals surface area contributed by atoms with Crippen molar-refractivity contribution in [2.75, 3.05) is 5.73 Å². The highest BCUT2D eigenvalue weighted by atomic mass is 16.3. The number of phenols is 1. The van der Waals surface area contributed by atoms with Gasteiger partial charge in [-0.3, -0.25) is 0 Å². The van der Waals surface area contributed by atoms with Gasteiger partial charge in [-0.2, -0.15) is 0 Å². The summed E-state index contributed by atoms with van der Waals surface area (Å²) in [4.78, 5) is 0. The highest BCUT2D eigenvalue weighted by Gasteiger charge is 2.03. The number of hydrogen-bond donors (Lipinski definition) is 2. The van der Waals surface area contributed by atoms with Crippen molar-refractivity contribution < 1.29 is 5.11 Å². The Morgan fingerprint density at radius 3 is 2.47 bits per heavy atom. The molecular weight excluding hydrogens is 186 g/mol. The zero-order valence-electron chi connectivity index (χ0n) is 8.57. The number of nitrogens with two attached hydrogens (primary N) is 1. The van der Waals surface area contributed by atoms with Gasteiger partial charge >= 0.3 is 0 Å². The summed E-state index contributed by atoms with van der Waals surface area (Å²) in [5.74, 6) is 0.132. The van der Waals surface area contributed by atoms with E-state index in [4.69, 9.17) is 5.73 Å². The van der Waals surface area contributed by atoms with Crippen molar-refractivity contribution in [3.05, 3.63) is 48.0 Å². The van der Waals surface area contributed by atoms with Crippen LogP contribution in [0, 0.1) is 6.92 Å². The second-order valence-corrected chi connectivity index (χ2v) is 3.59. The molecular formula is C13H13NO. The average Bonchev–Trinajstić information content (AvgIpc) is 2.23. The normalized spacial score (nSPS) is 10.2. The Bertz CT molecular complexity index is 492. The van der Waals surface area contributed by atoms with E-state index in [1.807, 2.05) is 24.3 Å². The van der Waals surface area contributed by atoms with Crippen LogP contribution in [-0.4, -0.2) is 5.11 Å². The van der Waals surface area contributed by atoms with E-state index in [0.29, 0.717) is 5.69 Å². The van der Waals surface area contributed by atoms with E-state index < -0.39 is 0 Å². The van der Waals surface area contributed by atoms with Gasteiger partial charge in [-0.15, -0.1) is 0 Å². The predicted molar refractivity (Wildman–Crippen MR) is 62.7 cm³/mol. The first-order valence-electron chi connectivity index (χ1n) is 4.83. The lowest BCUT2D eigenvalue weighted by molar-refractivity contribution is 0.478. The van der Waals surface area contributed by atoms with Crippen molar-refractivity contribution >= 4 is 5.69 Å². The van der Waals surface area contributed by atoms with Gasteiger partial charge in [0.25, 0.3) is 0 Å². The Labute approximate surface area is 89.0 Å². The highest BCUT2D eigenvalue weighted by molar-refractivity contribution is 5.72. The molecule has 2 aromatic carbocycles.